The molecule has 0 radical (unpaired) electrons. The molecule has 0 aliphatic heterocycles. The second kappa shape index (κ2) is 5.47. The molecule has 7 heteroatoms. The zero-order valence-corrected chi connectivity index (χ0v) is 9.93. The van der Waals surface area contributed by atoms with Gasteiger partial charge in [0.2, 0.25) is 10.0 Å². The predicted octanol–water partition coefficient (Wildman–Crippen LogP) is 1.32. The summed E-state index contributed by atoms with van der Waals surface area (Å²) in [6, 6.07) is 5.73. The fourth-order valence-corrected chi connectivity index (χ4v) is 1.67. The van der Waals surface area contributed by atoms with Gasteiger partial charge in [-0.05, 0) is 24.3 Å². The monoisotopic (exact) mass is 266 g/mol. The molecule has 0 bridgehead atoms. The van der Waals surface area contributed by atoms with Gasteiger partial charge >= 0.3 is 0 Å². The van der Waals surface area contributed by atoms with Crippen LogP contribution >= 0.6 is 11.6 Å². The van der Waals surface area contributed by atoms with Gasteiger partial charge in [0.15, 0.2) is 0 Å². The maximum Gasteiger partial charge on any atom is 0.238 e. The molecule has 90 valence electrons. The van der Waals surface area contributed by atoms with E-state index in [9.17, 15) is 12.8 Å². The summed E-state index contributed by atoms with van der Waals surface area (Å²) >= 11 is 5.29. The van der Waals surface area contributed by atoms with Gasteiger partial charge in [0, 0.05) is 12.2 Å². The first-order valence-electron chi connectivity index (χ1n) is 4.50. The summed E-state index contributed by atoms with van der Waals surface area (Å²) in [6.45, 7) is 0.0816. The number of sulfonamides is 1. The maximum absolute atomic E-state index is 12.8. The molecule has 4 nitrogen and oxygen atoms in total. The standard InChI is InChI=1S/C9H12ClFN2O2S/c10-5-7(11)6-13-8-1-3-9(4-2-8)16(12,14)15/h1-4,7,13H,5-6H2,(H2,12,14,15). The number of alkyl halides is 2. The van der Waals surface area contributed by atoms with Crippen molar-refractivity contribution in [2.24, 2.45) is 5.14 Å². The van der Waals surface area contributed by atoms with Crippen molar-refractivity contribution < 1.29 is 12.8 Å². The molecular formula is C9H12ClFN2O2S. The second-order valence-electron chi connectivity index (χ2n) is 3.20. The second-order valence-corrected chi connectivity index (χ2v) is 5.07. The third-order valence-electron chi connectivity index (χ3n) is 1.88. The zero-order valence-electron chi connectivity index (χ0n) is 8.36. The minimum Gasteiger partial charge on any atom is -0.382 e. The van der Waals surface area contributed by atoms with E-state index >= 15 is 0 Å². The van der Waals surface area contributed by atoms with E-state index < -0.39 is 16.2 Å². The lowest BCUT2D eigenvalue weighted by molar-refractivity contribution is 0.382. The highest BCUT2D eigenvalue weighted by Gasteiger charge is 2.07. The molecule has 0 aliphatic rings. The van der Waals surface area contributed by atoms with Crippen molar-refractivity contribution >= 4 is 27.3 Å². The van der Waals surface area contributed by atoms with Crippen molar-refractivity contribution in [1.29, 1.82) is 0 Å². The van der Waals surface area contributed by atoms with E-state index in [-0.39, 0.29) is 17.3 Å². The number of nitrogens with one attached hydrogen (secondary N) is 1. The summed E-state index contributed by atoms with van der Waals surface area (Å²) in [5.41, 5.74) is 0.611. The van der Waals surface area contributed by atoms with Crippen LogP contribution in [-0.2, 0) is 10.0 Å². The molecule has 0 aliphatic carbocycles. The third kappa shape index (κ3) is 3.96. The van der Waals surface area contributed by atoms with Crippen LogP contribution in [-0.4, -0.2) is 27.0 Å². The average molecular weight is 267 g/mol. The Morgan fingerprint density at radius 2 is 1.94 bits per heavy atom. The normalized spacial score (nSPS) is 13.4. The fourth-order valence-electron chi connectivity index (χ4n) is 1.05. The van der Waals surface area contributed by atoms with Gasteiger partial charge in [-0.2, -0.15) is 0 Å². The van der Waals surface area contributed by atoms with E-state index in [4.69, 9.17) is 16.7 Å². The van der Waals surface area contributed by atoms with E-state index in [1.54, 1.807) is 0 Å². The summed E-state index contributed by atoms with van der Waals surface area (Å²) in [7, 11) is -3.68. The Labute approximate surface area is 98.6 Å². The molecule has 0 amide bonds. The first-order valence-corrected chi connectivity index (χ1v) is 6.58. The van der Waals surface area contributed by atoms with Gasteiger partial charge in [-0.3, -0.25) is 0 Å². The van der Waals surface area contributed by atoms with Crippen LogP contribution in [0.2, 0.25) is 0 Å². The van der Waals surface area contributed by atoms with Crippen LogP contribution < -0.4 is 10.5 Å². The van der Waals surface area contributed by atoms with Crippen molar-refractivity contribution in [2.75, 3.05) is 17.7 Å². The van der Waals surface area contributed by atoms with Crippen LogP contribution in [0.5, 0.6) is 0 Å². The molecule has 1 unspecified atom stereocenters. The number of hydrogen-bond donors (Lipinski definition) is 2. The summed E-state index contributed by atoms with van der Waals surface area (Å²) in [6.07, 6.45) is -1.14. The highest BCUT2D eigenvalue weighted by Crippen LogP contribution is 2.12. The van der Waals surface area contributed by atoms with Gasteiger partial charge in [0.05, 0.1) is 10.8 Å². The number of rotatable bonds is 5. The van der Waals surface area contributed by atoms with E-state index in [0.717, 1.165) is 0 Å². The van der Waals surface area contributed by atoms with Crippen LogP contribution in [0.4, 0.5) is 10.1 Å². The largest absolute Gasteiger partial charge is 0.382 e. The fraction of sp³-hybridized carbons (Fsp3) is 0.333. The molecule has 3 N–H and O–H groups in total. The molecule has 1 rings (SSSR count). The Morgan fingerprint density at radius 1 is 1.38 bits per heavy atom. The average Bonchev–Trinajstić information content (AvgIpc) is 2.25. The molecule has 0 aromatic heterocycles. The number of primary sulfonamides is 1. The lowest BCUT2D eigenvalue weighted by Crippen LogP contribution is -2.16. The Bertz CT molecular complexity index is 435. The predicted molar refractivity (Wildman–Crippen MR) is 61.9 cm³/mol. The highest BCUT2D eigenvalue weighted by atomic mass is 35.5. The van der Waals surface area contributed by atoms with Gasteiger partial charge in [-0.15, -0.1) is 11.6 Å². The molecular weight excluding hydrogens is 255 g/mol. The summed E-state index contributed by atoms with van der Waals surface area (Å²) in [5, 5.41) is 7.70. The van der Waals surface area contributed by atoms with Crippen molar-refractivity contribution in [3.8, 4) is 0 Å². The summed E-state index contributed by atoms with van der Waals surface area (Å²) < 4.78 is 34.6. The molecule has 1 atom stereocenters. The van der Waals surface area contributed by atoms with Crippen LogP contribution in [0, 0.1) is 0 Å². The Balaban J connectivity index is 2.66. The van der Waals surface area contributed by atoms with Crippen LogP contribution in [0.3, 0.4) is 0 Å². The molecule has 16 heavy (non-hydrogen) atoms. The third-order valence-corrected chi connectivity index (χ3v) is 3.14. The molecule has 1 aromatic rings. The smallest absolute Gasteiger partial charge is 0.238 e. The molecule has 0 fully saturated rings. The number of hydrogen-bond acceptors (Lipinski definition) is 3. The van der Waals surface area contributed by atoms with Gasteiger partial charge in [0.25, 0.3) is 0 Å². The van der Waals surface area contributed by atoms with E-state index in [2.05, 4.69) is 5.32 Å². The lowest BCUT2D eigenvalue weighted by Gasteiger charge is -2.08. The lowest BCUT2D eigenvalue weighted by atomic mass is 10.3. The van der Waals surface area contributed by atoms with E-state index in [0.29, 0.717) is 5.69 Å². The molecule has 0 saturated carbocycles. The molecule has 1 aromatic carbocycles. The van der Waals surface area contributed by atoms with Crippen molar-refractivity contribution in [2.45, 2.75) is 11.1 Å². The molecule has 0 spiro atoms. The molecule has 0 saturated heterocycles. The Hall–Kier alpha value is -0.850. The maximum atomic E-state index is 12.8. The SMILES string of the molecule is NS(=O)(=O)c1ccc(NCC(F)CCl)cc1. The number of benzene rings is 1. The number of nitrogens with two attached hydrogens (primary N) is 1. The first-order chi connectivity index (χ1) is 7.43. The van der Waals surface area contributed by atoms with Crippen LogP contribution in [0.25, 0.3) is 0 Å². The number of anilines is 1. The van der Waals surface area contributed by atoms with E-state index in [1.807, 2.05) is 0 Å². The van der Waals surface area contributed by atoms with Gasteiger partial charge in [0.1, 0.15) is 6.17 Å². The van der Waals surface area contributed by atoms with Gasteiger partial charge in [-0.1, -0.05) is 0 Å². The first kappa shape index (κ1) is 13.2. The van der Waals surface area contributed by atoms with Crippen LogP contribution in [0.1, 0.15) is 0 Å². The topological polar surface area (TPSA) is 72.2 Å². The highest BCUT2D eigenvalue weighted by molar-refractivity contribution is 7.89. The minimum atomic E-state index is -3.68. The van der Waals surface area contributed by atoms with Crippen LogP contribution in [0.15, 0.2) is 29.2 Å². The van der Waals surface area contributed by atoms with Gasteiger partial charge in [-0.25, -0.2) is 17.9 Å². The van der Waals surface area contributed by atoms with E-state index in [1.165, 1.54) is 24.3 Å². The Morgan fingerprint density at radius 3 is 2.38 bits per heavy atom. The Kier molecular flexibility index (Phi) is 4.52. The quantitative estimate of drug-likeness (QED) is 0.790. The number of halogens is 2. The van der Waals surface area contributed by atoms with Crippen molar-refractivity contribution in [3.05, 3.63) is 24.3 Å². The minimum absolute atomic E-state index is 0.0205. The summed E-state index contributed by atoms with van der Waals surface area (Å²) in [5.74, 6) is -0.0811. The van der Waals surface area contributed by atoms with Gasteiger partial charge < -0.3 is 5.32 Å². The van der Waals surface area contributed by atoms with Crippen molar-refractivity contribution in [1.82, 2.24) is 0 Å². The molecule has 0 heterocycles. The van der Waals surface area contributed by atoms with Crippen molar-refractivity contribution in [3.63, 3.8) is 0 Å². The summed E-state index contributed by atoms with van der Waals surface area (Å²) in [4.78, 5) is 0.0205. The zero-order chi connectivity index (χ0) is 12.2.